The highest BCUT2D eigenvalue weighted by molar-refractivity contribution is 5.72. The molecule has 1 aromatic heterocycles. The summed E-state index contributed by atoms with van der Waals surface area (Å²) >= 11 is 0. The molecule has 1 aromatic carbocycles. The second-order valence-electron chi connectivity index (χ2n) is 9.05. The zero-order valence-corrected chi connectivity index (χ0v) is 19.4. The predicted molar refractivity (Wildman–Crippen MR) is 122 cm³/mol. The number of benzene rings is 1. The van der Waals surface area contributed by atoms with Gasteiger partial charge in [-0.05, 0) is 55.1 Å². The van der Waals surface area contributed by atoms with Gasteiger partial charge in [0.15, 0.2) is 0 Å². The van der Waals surface area contributed by atoms with Crippen LogP contribution in [-0.4, -0.2) is 49.9 Å². The number of anilines is 1. The highest BCUT2D eigenvalue weighted by Gasteiger charge is 2.49. The van der Waals surface area contributed by atoms with Gasteiger partial charge in [0.05, 0.1) is 26.7 Å². The van der Waals surface area contributed by atoms with Crippen LogP contribution in [0.5, 0.6) is 5.75 Å². The SMILES string of the molecule is COCc1cnc(N2CCC(C3(CCOc4ccc(CC(=O)OC)c(F)c4)CC3)CC2)nc1. The van der Waals surface area contributed by atoms with Gasteiger partial charge in [0.1, 0.15) is 11.6 Å². The molecule has 0 unspecified atom stereocenters. The molecule has 2 heterocycles. The second-order valence-corrected chi connectivity index (χ2v) is 9.05. The standard InChI is InChI=1S/C25H32FN3O4/c1-31-17-18-15-27-24(28-16-18)29-10-5-20(6-11-29)25(7-8-25)9-12-33-21-4-3-19(22(26)14-21)13-23(30)32-2/h3-4,14-16,20H,5-13,17H2,1-2H3. The van der Waals surface area contributed by atoms with Crippen LogP contribution in [0.2, 0.25) is 0 Å². The van der Waals surface area contributed by atoms with E-state index in [1.54, 1.807) is 19.2 Å². The third-order valence-corrected chi connectivity index (χ3v) is 6.99. The quantitative estimate of drug-likeness (QED) is 0.500. The molecule has 0 spiro atoms. The van der Waals surface area contributed by atoms with Crippen LogP contribution in [0.25, 0.3) is 0 Å². The van der Waals surface area contributed by atoms with E-state index in [4.69, 9.17) is 9.47 Å². The summed E-state index contributed by atoms with van der Waals surface area (Å²) in [4.78, 5) is 22.6. The number of aromatic nitrogens is 2. The molecule has 1 saturated heterocycles. The third-order valence-electron chi connectivity index (χ3n) is 6.99. The first-order valence-electron chi connectivity index (χ1n) is 11.6. The molecule has 178 valence electrons. The summed E-state index contributed by atoms with van der Waals surface area (Å²) in [5.41, 5.74) is 1.64. The normalized spacial score (nSPS) is 17.6. The van der Waals surface area contributed by atoms with Crippen LogP contribution >= 0.6 is 0 Å². The summed E-state index contributed by atoms with van der Waals surface area (Å²) in [6.45, 7) is 3.02. The van der Waals surface area contributed by atoms with E-state index < -0.39 is 11.8 Å². The summed E-state index contributed by atoms with van der Waals surface area (Å²) in [5.74, 6) is 1.06. The number of hydrogen-bond donors (Lipinski definition) is 0. The van der Waals surface area contributed by atoms with Crippen LogP contribution in [0, 0.1) is 17.2 Å². The van der Waals surface area contributed by atoms with E-state index in [0.717, 1.165) is 43.9 Å². The van der Waals surface area contributed by atoms with Crippen molar-refractivity contribution in [3.8, 4) is 5.75 Å². The molecule has 8 heteroatoms. The first-order valence-corrected chi connectivity index (χ1v) is 11.6. The first kappa shape index (κ1) is 23.4. The number of ether oxygens (including phenoxy) is 3. The molecule has 0 bridgehead atoms. The number of piperidine rings is 1. The van der Waals surface area contributed by atoms with Gasteiger partial charge in [0, 0.05) is 44.2 Å². The topological polar surface area (TPSA) is 73.8 Å². The summed E-state index contributed by atoms with van der Waals surface area (Å²) in [7, 11) is 2.96. The van der Waals surface area contributed by atoms with E-state index in [9.17, 15) is 9.18 Å². The first-order chi connectivity index (χ1) is 16.0. The number of rotatable bonds is 10. The molecule has 2 aliphatic rings. The van der Waals surface area contributed by atoms with Crippen molar-refractivity contribution in [3.05, 3.63) is 47.5 Å². The Labute approximate surface area is 194 Å². The monoisotopic (exact) mass is 457 g/mol. The molecule has 1 aliphatic heterocycles. The summed E-state index contributed by atoms with van der Waals surface area (Å²) < 4.78 is 29.8. The minimum Gasteiger partial charge on any atom is -0.493 e. The lowest BCUT2D eigenvalue weighted by Crippen LogP contribution is -2.38. The maximum atomic E-state index is 14.2. The lowest BCUT2D eigenvalue weighted by Gasteiger charge is -2.36. The van der Waals surface area contributed by atoms with Crippen molar-refractivity contribution < 1.29 is 23.4 Å². The van der Waals surface area contributed by atoms with Crippen molar-refractivity contribution in [2.24, 2.45) is 11.3 Å². The molecule has 2 fully saturated rings. The highest BCUT2D eigenvalue weighted by atomic mass is 19.1. The Bertz CT molecular complexity index is 941. The van der Waals surface area contributed by atoms with E-state index in [2.05, 4.69) is 19.6 Å². The Kier molecular flexibility index (Phi) is 7.42. The van der Waals surface area contributed by atoms with Crippen LogP contribution in [0.15, 0.2) is 30.6 Å². The Balaban J connectivity index is 1.24. The molecule has 0 radical (unpaired) electrons. The fourth-order valence-electron chi connectivity index (χ4n) is 4.83. The molecule has 7 nitrogen and oxygen atoms in total. The Morgan fingerprint density at radius 3 is 2.52 bits per heavy atom. The predicted octanol–water partition coefficient (Wildman–Crippen LogP) is 3.94. The van der Waals surface area contributed by atoms with Gasteiger partial charge in [-0.25, -0.2) is 14.4 Å². The zero-order valence-electron chi connectivity index (χ0n) is 19.4. The molecule has 2 aromatic rings. The number of methoxy groups -OCH3 is 2. The van der Waals surface area contributed by atoms with Crippen molar-refractivity contribution in [3.63, 3.8) is 0 Å². The third kappa shape index (κ3) is 5.79. The maximum absolute atomic E-state index is 14.2. The smallest absolute Gasteiger partial charge is 0.310 e. The molecular weight excluding hydrogens is 425 g/mol. The van der Waals surface area contributed by atoms with E-state index in [0.29, 0.717) is 35.9 Å². The van der Waals surface area contributed by atoms with Gasteiger partial charge in [-0.1, -0.05) is 6.07 Å². The van der Waals surface area contributed by atoms with Gasteiger partial charge in [-0.3, -0.25) is 4.79 Å². The molecule has 1 aliphatic carbocycles. The lowest BCUT2D eigenvalue weighted by atomic mass is 9.79. The van der Waals surface area contributed by atoms with E-state index in [1.165, 1.54) is 26.0 Å². The molecule has 0 amide bonds. The van der Waals surface area contributed by atoms with Crippen molar-refractivity contribution in [1.29, 1.82) is 0 Å². The minimum atomic E-state index is -0.459. The van der Waals surface area contributed by atoms with Gasteiger partial charge < -0.3 is 19.1 Å². The van der Waals surface area contributed by atoms with Crippen LogP contribution in [0.1, 0.15) is 43.2 Å². The molecular formula is C25H32FN3O4. The fourth-order valence-corrected chi connectivity index (χ4v) is 4.83. The summed E-state index contributed by atoms with van der Waals surface area (Å²) in [5, 5.41) is 0. The average molecular weight is 458 g/mol. The number of esters is 1. The second kappa shape index (κ2) is 10.5. The number of carbonyl (C=O) groups is 1. The van der Waals surface area contributed by atoms with Crippen LogP contribution in [0.3, 0.4) is 0 Å². The van der Waals surface area contributed by atoms with Crippen molar-refractivity contribution >= 4 is 11.9 Å². The Hall–Kier alpha value is -2.74. The number of nitrogens with zero attached hydrogens (tertiary/aromatic N) is 3. The van der Waals surface area contributed by atoms with Crippen LogP contribution in [-0.2, 0) is 27.3 Å². The Morgan fingerprint density at radius 1 is 1.18 bits per heavy atom. The van der Waals surface area contributed by atoms with Gasteiger partial charge in [-0.15, -0.1) is 0 Å². The molecule has 1 saturated carbocycles. The number of halogens is 1. The lowest BCUT2D eigenvalue weighted by molar-refractivity contribution is -0.139. The summed E-state index contributed by atoms with van der Waals surface area (Å²) in [6, 6.07) is 4.67. The Morgan fingerprint density at radius 2 is 1.91 bits per heavy atom. The molecule has 4 rings (SSSR count). The van der Waals surface area contributed by atoms with E-state index in [1.807, 2.05) is 12.4 Å². The molecule has 0 atom stereocenters. The summed E-state index contributed by atoms with van der Waals surface area (Å²) in [6.07, 6.45) is 9.29. The molecule has 33 heavy (non-hydrogen) atoms. The average Bonchev–Trinajstić information content (AvgIpc) is 3.62. The zero-order chi connectivity index (χ0) is 23.3. The highest BCUT2D eigenvalue weighted by Crippen LogP contribution is 2.57. The number of carbonyl (C=O) groups excluding carboxylic acids is 1. The van der Waals surface area contributed by atoms with Crippen LogP contribution < -0.4 is 9.64 Å². The van der Waals surface area contributed by atoms with Crippen molar-refractivity contribution in [2.45, 2.75) is 45.1 Å². The largest absolute Gasteiger partial charge is 0.493 e. The number of hydrogen-bond acceptors (Lipinski definition) is 7. The van der Waals surface area contributed by atoms with Crippen molar-refractivity contribution in [1.82, 2.24) is 9.97 Å². The maximum Gasteiger partial charge on any atom is 0.310 e. The van der Waals surface area contributed by atoms with Gasteiger partial charge in [0.25, 0.3) is 0 Å². The van der Waals surface area contributed by atoms with Crippen LogP contribution in [0.4, 0.5) is 10.3 Å². The minimum absolute atomic E-state index is 0.0766. The van der Waals surface area contributed by atoms with Gasteiger partial charge in [0.2, 0.25) is 5.95 Å². The van der Waals surface area contributed by atoms with Gasteiger partial charge in [-0.2, -0.15) is 0 Å². The van der Waals surface area contributed by atoms with E-state index in [-0.39, 0.29) is 6.42 Å². The van der Waals surface area contributed by atoms with Crippen molar-refractivity contribution in [2.75, 3.05) is 38.8 Å². The van der Waals surface area contributed by atoms with E-state index >= 15 is 0 Å². The molecule has 0 N–H and O–H groups in total. The van der Waals surface area contributed by atoms with Gasteiger partial charge >= 0.3 is 5.97 Å². The fraction of sp³-hybridized carbons (Fsp3) is 0.560.